The van der Waals surface area contributed by atoms with Crippen LogP contribution in [0.15, 0.2) is 63.8 Å². The third-order valence-electron chi connectivity index (χ3n) is 5.28. The van der Waals surface area contributed by atoms with E-state index in [1.54, 1.807) is 55.7 Å². The zero-order chi connectivity index (χ0) is 24.5. The average molecular weight is 465 g/mol. The molecule has 0 saturated heterocycles. The molecule has 0 saturated carbocycles. The van der Waals surface area contributed by atoms with E-state index in [-0.39, 0.29) is 16.8 Å². The van der Waals surface area contributed by atoms with Crippen LogP contribution in [0.5, 0.6) is 5.75 Å². The third kappa shape index (κ3) is 6.55. The lowest BCUT2D eigenvalue weighted by Crippen LogP contribution is -2.27. The van der Waals surface area contributed by atoms with Gasteiger partial charge >= 0.3 is 5.97 Å². The minimum absolute atomic E-state index is 0.103. The fraction of sp³-hybridized carbons (Fsp3) is 0.269. The van der Waals surface area contributed by atoms with E-state index in [0.29, 0.717) is 35.5 Å². The van der Waals surface area contributed by atoms with Gasteiger partial charge < -0.3 is 24.1 Å². The molecule has 0 aliphatic rings. The summed E-state index contributed by atoms with van der Waals surface area (Å²) in [5.41, 5.74) is 1.08. The maximum atomic E-state index is 12.6. The molecule has 1 amide bonds. The number of anilines is 1. The number of amides is 1. The van der Waals surface area contributed by atoms with Gasteiger partial charge in [0.25, 0.3) is 5.91 Å². The molecule has 2 aromatic carbocycles. The van der Waals surface area contributed by atoms with Gasteiger partial charge in [-0.15, -0.1) is 0 Å². The summed E-state index contributed by atoms with van der Waals surface area (Å²) in [7, 11) is 1.55. The second-order valence-corrected chi connectivity index (χ2v) is 7.44. The van der Waals surface area contributed by atoms with Crippen molar-refractivity contribution in [3.63, 3.8) is 0 Å². The zero-order valence-electron chi connectivity index (χ0n) is 19.5. The Hall–Kier alpha value is -3.91. The number of esters is 1. The first-order valence-corrected chi connectivity index (χ1v) is 11.0. The lowest BCUT2D eigenvalue weighted by atomic mass is 10.1. The molecule has 1 N–H and O–H groups in total. The molecule has 1 heterocycles. The highest BCUT2D eigenvalue weighted by atomic mass is 16.5. The fourth-order valence-corrected chi connectivity index (χ4v) is 3.28. The Bertz CT molecular complexity index is 1230. The van der Waals surface area contributed by atoms with Gasteiger partial charge in [0.05, 0.1) is 12.5 Å². The summed E-state index contributed by atoms with van der Waals surface area (Å²) < 4.78 is 15.9. The first-order valence-electron chi connectivity index (χ1n) is 11.0. The molecule has 0 aliphatic heterocycles. The van der Waals surface area contributed by atoms with Crippen LogP contribution in [0.2, 0.25) is 0 Å². The molecule has 0 atom stereocenters. The van der Waals surface area contributed by atoms with Gasteiger partial charge in [0.2, 0.25) is 0 Å². The van der Waals surface area contributed by atoms with Gasteiger partial charge in [-0.3, -0.25) is 9.59 Å². The molecular formula is C26H28N2O6. The van der Waals surface area contributed by atoms with Crippen LogP contribution in [0.25, 0.3) is 17.0 Å². The number of ether oxygens (including phenoxy) is 2. The van der Waals surface area contributed by atoms with Crippen molar-refractivity contribution in [3.05, 3.63) is 76.2 Å². The molecule has 8 heteroatoms. The number of fused-ring (bicyclic) bond motifs is 1. The summed E-state index contributed by atoms with van der Waals surface area (Å²) >= 11 is 0. The second-order valence-electron chi connectivity index (χ2n) is 7.44. The van der Waals surface area contributed by atoms with Gasteiger partial charge in [0.15, 0.2) is 11.2 Å². The van der Waals surface area contributed by atoms with E-state index in [9.17, 15) is 14.4 Å². The van der Waals surface area contributed by atoms with Crippen molar-refractivity contribution in [2.75, 3.05) is 38.7 Å². The fourth-order valence-electron chi connectivity index (χ4n) is 3.28. The molecule has 0 aliphatic carbocycles. The summed E-state index contributed by atoms with van der Waals surface area (Å²) in [6, 6.07) is 12.8. The number of hydrogen-bond donors (Lipinski definition) is 1. The van der Waals surface area contributed by atoms with Gasteiger partial charge in [-0.25, -0.2) is 4.79 Å². The molecule has 0 radical (unpaired) electrons. The van der Waals surface area contributed by atoms with E-state index >= 15 is 0 Å². The average Bonchev–Trinajstić information content (AvgIpc) is 2.86. The lowest BCUT2D eigenvalue weighted by molar-refractivity contribution is -0.138. The summed E-state index contributed by atoms with van der Waals surface area (Å²) in [6.45, 7) is 6.89. The smallest absolute Gasteiger partial charge is 0.330 e. The van der Waals surface area contributed by atoms with E-state index in [1.165, 1.54) is 6.08 Å². The van der Waals surface area contributed by atoms with E-state index in [4.69, 9.17) is 13.9 Å². The number of carbonyl (C=O) groups is 2. The van der Waals surface area contributed by atoms with Crippen LogP contribution in [0, 0.1) is 0 Å². The highest BCUT2D eigenvalue weighted by Crippen LogP contribution is 2.18. The molecule has 178 valence electrons. The zero-order valence-corrected chi connectivity index (χ0v) is 19.5. The Kier molecular flexibility index (Phi) is 8.59. The van der Waals surface area contributed by atoms with Crippen molar-refractivity contribution >= 4 is 34.6 Å². The number of methoxy groups -OCH3 is 1. The van der Waals surface area contributed by atoms with Crippen LogP contribution in [-0.4, -0.2) is 50.1 Å². The van der Waals surface area contributed by atoms with Crippen LogP contribution < -0.4 is 15.5 Å². The number of benzene rings is 2. The summed E-state index contributed by atoms with van der Waals surface area (Å²) in [5.74, 6) is -0.438. The van der Waals surface area contributed by atoms with Gasteiger partial charge in [0, 0.05) is 24.4 Å². The molecule has 0 unspecified atom stereocenters. The summed E-state index contributed by atoms with van der Waals surface area (Å²) in [6.07, 6.45) is 2.89. The minimum Gasteiger partial charge on any atom is -0.497 e. The van der Waals surface area contributed by atoms with Crippen LogP contribution in [0.4, 0.5) is 5.69 Å². The standard InChI is InChI=1S/C26H28N2O6/c1-4-28(5-2)14-15-33-25(30)13-7-18-6-12-23-21(16-18)22(29)17-24(34-23)26(31)27-19-8-10-20(32-3)11-9-19/h6-13,16-17H,4-5,14-15H2,1-3H3,(H,27,31)/b13-7+. The Balaban J connectivity index is 1.67. The number of likely N-dealkylation sites (N-methyl/N-ethyl adjacent to an activating group) is 1. The predicted octanol–water partition coefficient (Wildman–Crippen LogP) is 3.95. The van der Waals surface area contributed by atoms with Crippen molar-refractivity contribution in [3.8, 4) is 5.75 Å². The lowest BCUT2D eigenvalue weighted by Gasteiger charge is -2.16. The minimum atomic E-state index is -0.541. The number of rotatable bonds is 10. The highest BCUT2D eigenvalue weighted by Gasteiger charge is 2.13. The Morgan fingerprint density at radius 2 is 1.79 bits per heavy atom. The van der Waals surface area contributed by atoms with Crippen molar-refractivity contribution in [2.24, 2.45) is 0 Å². The normalized spacial score (nSPS) is 11.2. The topological polar surface area (TPSA) is 98.1 Å². The molecule has 0 bridgehead atoms. The molecular weight excluding hydrogens is 436 g/mol. The predicted molar refractivity (Wildman–Crippen MR) is 131 cm³/mol. The van der Waals surface area contributed by atoms with E-state index in [1.807, 2.05) is 0 Å². The monoisotopic (exact) mass is 464 g/mol. The van der Waals surface area contributed by atoms with Crippen LogP contribution in [0.1, 0.15) is 30.0 Å². The van der Waals surface area contributed by atoms with Gasteiger partial charge in [-0.2, -0.15) is 0 Å². The van der Waals surface area contributed by atoms with Crippen molar-refractivity contribution < 1.29 is 23.5 Å². The summed E-state index contributed by atoms with van der Waals surface area (Å²) in [5, 5.41) is 2.99. The Labute approximate surface area is 197 Å². The first kappa shape index (κ1) is 24.7. The van der Waals surface area contributed by atoms with Crippen molar-refractivity contribution in [2.45, 2.75) is 13.8 Å². The second kappa shape index (κ2) is 11.8. The summed E-state index contributed by atoms with van der Waals surface area (Å²) in [4.78, 5) is 39.3. The number of nitrogens with zero attached hydrogens (tertiary/aromatic N) is 1. The molecule has 8 nitrogen and oxygen atoms in total. The number of hydrogen-bond acceptors (Lipinski definition) is 7. The quantitative estimate of drug-likeness (QED) is 0.358. The van der Waals surface area contributed by atoms with Gasteiger partial charge in [-0.05, 0) is 61.1 Å². The van der Waals surface area contributed by atoms with E-state index in [0.717, 1.165) is 19.2 Å². The largest absolute Gasteiger partial charge is 0.497 e. The third-order valence-corrected chi connectivity index (χ3v) is 5.28. The first-order chi connectivity index (χ1) is 16.4. The molecule has 3 rings (SSSR count). The molecule has 1 aromatic heterocycles. The highest BCUT2D eigenvalue weighted by molar-refractivity contribution is 6.03. The van der Waals surface area contributed by atoms with Crippen molar-refractivity contribution in [1.29, 1.82) is 0 Å². The maximum absolute atomic E-state index is 12.6. The van der Waals surface area contributed by atoms with E-state index < -0.39 is 11.9 Å². The molecule has 0 spiro atoms. The molecule has 34 heavy (non-hydrogen) atoms. The number of nitrogens with one attached hydrogen (secondary N) is 1. The van der Waals surface area contributed by atoms with Gasteiger partial charge in [0.1, 0.15) is 17.9 Å². The van der Waals surface area contributed by atoms with Crippen molar-refractivity contribution in [1.82, 2.24) is 4.90 Å². The van der Waals surface area contributed by atoms with Crippen LogP contribution in [-0.2, 0) is 9.53 Å². The SMILES string of the molecule is CCN(CC)CCOC(=O)/C=C/c1ccc2oc(C(=O)Nc3ccc(OC)cc3)cc(=O)c2c1. The Morgan fingerprint density at radius 3 is 2.47 bits per heavy atom. The van der Waals surface area contributed by atoms with Gasteiger partial charge in [-0.1, -0.05) is 19.9 Å². The number of carbonyl (C=O) groups excluding carboxylic acids is 2. The van der Waals surface area contributed by atoms with E-state index in [2.05, 4.69) is 24.1 Å². The van der Waals surface area contributed by atoms with Crippen LogP contribution >= 0.6 is 0 Å². The Morgan fingerprint density at radius 1 is 1.06 bits per heavy atom. The molecule has 3 aromatic rings. The molecule has 0 fully saturated rings. The maximum Gasteiger partial charge on any atom is 0.330 e. The van der Waals surface area contributed by atoms with Crippen LogP contribution in [0.3, 0.4) is 0 Å².